The molecule has 0 aromatic carbocycles. The van der Waals surface area contributed by atoms with E-state index in [2.05, 4.69) is 0 Å². The molecular formula is C3H8O3. The van der Waals surface area contributed by atoms with Crippen molar-refractivity contribution in [1.29, 1.82) is 0 Å². The maximum atomic E-state index is 8.40. The minimum atomic E-state index is -2.90. The Morgan fingerprint density at radius 3 is 2.17 bits per heavy atom. The van der Waals surface area contributed by atoms with E-state index in [0.29, 0.717) is 0 Å². The van der Waals surface area contributed by atoms with Gasteiger partial charge in [0.05, 0.1) is 17.3 Å². The molecule has 6 heavy (non-hydrogen) atoms. The molecule has 0 radical (unpaired) electrons. The molecule has 0 amide bonds. The standard InChI is InChI=1S/C3H8O3/c4-1-3(6)2-5/h3-6H,1-2H2/i1D2,2+1D,3+1/t2-,3-/m0/s1. The first-order valence-electron chi connectivity index (χ1n) is 2.94. The highest BCUT2D eigenvalue weighted by Gasteiger charge is 1.93. The molecule has 3 heteroatoms. The van der Waals surface area contributed by atoms with Gasteiger partial charge in [0.1, 0.15) is 6.10 Å². The Morgan fingerprint density at radius 2 is 2.17 bits per heavy atom. The number of hydrogen-bond acceptors (Lipinski definition) is 3. The molecule has 38 valence electrons. The molecule has 0 fully saturated rings. The van der Waals surface area contributed by atoms with Crippen LogP contribution in [0, 0.1) is 0 Å². The maximum Gasteiger partial charge on any atom is 0.100 e. The predicted molar refractivity (Wildman–Crippen MR) is 20.2 cm³/mol. The Kier molecular flexibility index (Phi) is 1.16. The summed E-state index contributed by atoms with van der Waals surface area (Å²) in [6, 6.07) is 0. The van der Waals surface area contributed by atoms with Gasteiger partial charge in [-0.3, -0.25) is 0 Å². The van der Waals surface area contributed by atoms with Gasteiger partial charge < -0.3 is 15.3 Å². The van der Waals surface area contributed by atoms with Crippen LogP contribution in [0.4, 0.5) is 0 Å². The number of aliphatic hydroxyl groups is 3. The number of rotatable bonds is 2. The quantitative estimate of drug-likeness (QED) is 0.361. The van der Waals surface area contributed by atoms with Crippen molar-refractivity contribution in [3.05, 3.63) is 0 Å². The predicted octanol–water partition coefficient (Wildman–Crippen LogP) is -1.67. The molecule has 0 aromatic heterocycles. The Hall–Kier alpha value is -0.120. The van der Waals surface area contributed by atoms with Crippen LogP contribution in [-0.2, 0) is 0 Å². The lowest BCUT2D eigenvalue weighted by Crippen LogP contribution is -2.15. The highest BCUT2D eigenvalue weighted by molar-refractivity contribution is 4.43. The summed E-state index contributed by atoms with van der Waals surface area (Å²) in [7, 11) is 0. The minimum absolute atomic E-state index is 2.01. The molecule has 2 atom stereocenters. The normalized spacial score (nSPS) is 29.5. The Morgan fingerprint density at radius 1 is 1.67 bits per heavy atom. The summed E-state index contributed by atoms with van der Waals surface area (Å²) < 4.78 is 19.1. The van der Waals surface area contributed by atoms with Crippen LogP contribution in [0.2, 0.25) is 0 Å². The minimum Gasteiger partial charge on any atom is -0.394 e. The molecule has 0 heterocycles. The first kappa shape index (κ1) is 2.26. The van der Waals surface area contributed by atoms with Gasteiger partial charge >= 0.3 is 0 Å². The molecule has 0 saturated heterocycles. The van der Waals surface area contributed by atoms with Crippen molar-refractivity contribution in [1.82, 2.24) is 0 Å². The van der Waals surface area contributed by atoms with E-state index in [1.165, 1.54) is 0 Å². The summed E-state index contributed by atoms with van der Waals surface area (Å²) in [4.78, 5) is 0. The van der Waals surface area contributed by atoms with E-state index in [0.717, 1.165) is 0 Å². The molecule has 0 bridgehead atoms. The Bertz CT molecular complexity index is 88.8. The van der Waals surface area contributed by atoms with Gasteiger partial charge in [0.2, 0.25) is 0 Å². The molecule has 0 rings (SSSR count). The molecule has 3 nitrogen and oxygen atoms in total. The first-order chi connectivity index (χ1) is 3.85. The third-order valence-electron chi connectivity index (χ3n) is 0.273. The van der Waals surface area contributed by atoms with Crippen LogP contribution in [0.25, 0.3) is 0 Å². The van der Waals surface area contributed by atoms with Crippen molar-refractivity contribution in [2.45, 2.75) is 6.10 Å². The fourth-order valence-electron chi connectivity index (χ4n) is 0.0333. The van der Waals surface area contributed by atoms with Crippen LogP contribution in [0.15, 0.2) is 0 Å². The summed E-state index contributed by atoms with van der Waals surface area (Å²) in [5, 5.41) is 24.8. The van der Waals surface area contributed by atoms with Gasteiger partial charge in [0, 0.05) is 0 Å². The zero-order valence-corrected chi connectivity index (χ0v) is 3.00. The van der Waals surface area contributed by atoms with E-state index in [9.17, 15) is 0 Å². The monoisotopic (exact) mass is 97.1 g/mol. The van der Waals surface area contributed by atoms with Gasteiger partial charge in [0.15, 0.2) is 0 Å². The van der Waals surface area contributed by atoms with E-state index < -0.39 is 19.2 Å². The van der Waals surface area contributed by atoms with Crippen molar-refractivity contribution in [3.63, 3.8) is 0 Å². The van der Waals surface area contributed by atoms with E-state index in [4.69, 9.17) is 19.4 Å². The average molecular weight is 97.1 g/mol. The summed E-state index contributed by atoms with van der Waals surface area (Å²) >= 11 is 0. The molecule has 0 aliphatic rings. The second-order valence-electron chi connectivity index (χ2n) is 0.723. The lowest BCUT2D eigenvalue weighted by molar-refractivity contribution is 0.0450. The SMILES string of the molecule is [2H][13C@H](O)[13C@@H](O)C([2H])([2H])O. The van der Waals surface area contributed by atoms with Crippen LogP contribution < -0.4 is 0 Å². The van der Waals surface area contributed by atoms with Crippen LogP contribution in [0.1, 0.15) is 4.11 Å². The summed E-state index contributed by atoms with van der Waals surface area (Å²) in [5.74, 6) is 0. The highest BCUT2D eigenvalue weighted by atomic mass is 16.5. The third-order valence-corrected chi connectivity index (χ3v) is 0.273. The molecule has 0 unspecified atom stereocenters. The molecular weight excluding hydrogens is 86.0 g/mol. The van der Waals surface area contributed by atoms with E-state index in [-0.39, 0.29) is 0 Å². The van der Waals surface area contributed by atoms with Crippen LogP contribution in [0.5, 0.6) is 0 Å². The Balaban J connectivity index is 3.88. The van der Waals surface area contributed by atoms with Crippen LogP contribution in [0.3, 0.4) is 0 Å². The molecule has 0 aromatic rings. The van der Waals surface area contributed by atoms with Gasteiger partial charge in [-0.05, 0) is 0 Å². The van der Waals surface area contributed by atoms with Gasteiger partial charge in [-0.1, -0.05) is 0 Å². The third kappa shape index (κ3) is 2.14. The number of aliphatic hydroxyl groups excluding tert-OH is 2. The fourth-order valence-corrected chi connectivity index (χ4v) is 0.0333. The van der Waals surface area contributed by atoms with Crippen molar-refractivity contribution >= 4 is 0 Å². The van der Waals surface area contributed by atoms with Crippen molar-refractivity contribution in [3.8, 4) is 0 Å². The average Bonchev–Trinajstić information content (AvgIpc) is 1.62. The Labute approximate surface area is 40.1 Å². The first-order valence-corrected chi connectivity index (χ1v) is 1.36. The zero-order valence-electron chi connectivity index (χ0n) is 6.00. The topological polar surface area (TPSA) is 60.7 Å². The second-order valence-corrected chi connectivity index (χ2v) is 0.723. The molecule has 0 saturated carbocycles. The maximum absolute atomic E-state index is 8.40. The zero-order chi connectivity index (χ0) is 7.65. The molecule has 0 aliphatic carbocycles. The molecule has 3 N–H and O–H groups in total. The van der Waals surface area contributed by atoms with Gasteiger partial charge in [-0.2, -0.15) is 0 Å². The fraction of sp³-hybridized carbons (Fsp3) is 1.00. The summed E-state index contributed by atoms with van der Waals surface area (Å²) in [6.07, 6.45) is -2.07. The molecule has 0 spiro atoms. The smallest absolute Gasteiger partial charge is 0.100 e. The van der Waals surface area contributed by atoms with E-state index in [1.807, 2.05) is 0 Å². The van der Waals surface area contributed by atoms with Crippen molar-refractivity contribution < 1.29 is 19.4 Å². The lowest BCUT2D eigenvalue weighted by atomic mass is 11.0. The molecule has 0 aliphatic heterocycles. The number of hydrogen-bond donors (Lipinski definition) is 3. The van der Waals surface area contributed by atoms with Crippen LogP contribution >= 0.6 is 0 Å². The second kappa shape index (κ2) is 3.08. The summed E-state index contributed by atoms with van der Waals surface area (Å²) in [5.41, 5.74) is 0. The van der Waals surface area contributed by atoms with Crippen molar-refractivity contribution in [2.24, 2.45) is 0 Å². The van der Waals surface area contributed by atoms with Crippen LogP contribution in [-0.4, -0.2) is 34.6 Å². The lowest BCUT2D eigenvalue weighted by Gasteiger charge is -1.96. The van der Waals surface area contributed by atoms with E-state index >= 15 is 0 Å². The highest BCUT2D eigenvalue weighted by Crippen LogP contribution is 1.71. The summed E-state index contributed by atoms with van der Waals surface area (Å²) in [6.45, 7) is -4.91. The van der Waals surface area contributed by atoms with Gasteiger partial charge in [0.25, 0.3) is 0 Å². The van der Waals surface area contributed by atoms with Crippen molar-refractivity contribution in [2.75, 3.05) is 13.1 Å². The largest absolute Gasteiger partial charge is 0.394 e. The van der Waals surface area contributed by atoms with E-state index in [1.54, 1.807) is 0 Å². The van der Waals surface area contributed by atoms with Gasteiger partial charge in [-0.25, -0.2) is 0 Å². The van der Waals surface area contributed by atoms with Gasteiger partial charge in [-0.15, -0.1) is 0 Å².